The fourth-order valence-corrected chi connectivity index (χ4v) is 3.13. The van der Waals surface area contributed by atoms with Gasteiger partial charge in [0.1, 0.15) is 0 Å². The summed E-state index contributed by atoms with van der Waals surface area (Å²) in [6.07, 6.45) is 2.94. The van der Waals surface area contributed by atoms with Crippen LogP contribution >= 0.6 is 0 Å². The molecule has 3 N–H and O–H groups in total. The normalized spacial score (nSPS) is 20.2. The van der Waals surface area contributed by atoms with Crippen molar-refractivity contribution >= 4 is 17.7 Å². The number of amides is 2. The molecule has 144 valence electrons. The summed E-state index contributed by atoms with van der Waals surface area (Å²) in [5.74, 6) is -0.674. The summed E-state index contributed by atoms with van der Waals surface area (Å²) in [6.45, 7) is -1.17. The SMILES string of the molecule is C[C@H]1CCC[C@H](NC(=O)O)c2cc(ccn2)-c2c(cnn2C(F)F)NC1=O. The van der Waals surface area contributed by atoms with E-state index < -0.39 is 18.7 Å². The molecule has 2 aromatic rings. The van der Waals surface area contributed by atoms with Crippen molar-refractivity contribution < 1.29 is 23.5 Å². The number of rotatable bonds is 2. The fourth-order valence-electron chi connectivity index (χ4n) is 3.13. The first-order chi connectivity index (χ1) is 12.9. The lowest BCUT2D eigenvalue weighted by Gasteiger charge is -2.20. The molecule has 0 saturated heterocycles. The monoisotopic (exact) mass is 379 g/mol. The van der Waals surface area contributed by atoms with Crippen LogP contribution in [0.4, 0.5) is 19.3 Å². The predicted molar refractivity (Wildman–Crippen MR) is 92.3 cm³/mol. The van der Waals surface area contributed by atoms with E-state index in [1.807, 2.05) is 0 Å². The molecule has 0 radical (unpaired) electrons. The number of carbonyl (C=O) groups excluding carboxylic acids is 1. The molecule has 27 heavy (non-hydrogen) atoms. The molecule has 2 atom stereocenters. The Morgan fingerprint density at radius 2 is 2.22 bits per heavy atom. The molecule has 0 spiro atoms. The van der Waals surface area contributed by atoms with Gasteiger partial charge in [-0.15, -0.1) is 0 Å². The van der Waals surface area contributed by atoms with Gasteiger partial charge in [-0.1, -0.05) is 13.3 Å². The number of alkyl halides is 2. The number of fused-ring (bicyclic) bond motifs is 4. The summed E-state index contributed by atoms with van der Waals surface area (Å²) in [5, 5.41) is 17.9. The Bertz CT molecular complexity index is 855. The number of anilines is 1. The molecule has 3 heterocycles. The Morgan fingerprint density at radius 3 is 2.93 bits per heavy atom. The summed E-state index contributed by atoms with van der Waals surface area (Å²) < 4.78 is 27.3. The van der Waals surface area contributed by atoms with Crippen molar-refractivity contribution in [3.63, 3.8) is 0 Å². The number of hydrogen-bond acceptors (Lipinski definition) is 4. The largest absolute Gasteiger partial charge is 0.465 e. The lowest BCUT2D eigenvalue weighted by Crippen LogP contribution is -2.28. The van der Waals surface area contributed by atoms with E-state index in [0.717, 1.165) is 0 Å². The van der Waals surface area contributed by atoms with Crippen LogP contribution in [0.5, 0.6) is 0 Å². The van der Waals surface area contributed by atoms with Gasteiger partial charge < -0.3 is 15.7 Å². The van der Waals surface area contributed by atoms with Crippen molar-refractivity contribution in [2.45, 2.75) is 38.8 Å². The van der Waals surface area contributed by atoms with Crippen molar-refractivity contribution in [1.29, 1.82) is 0 Å². The van der Waals surface area contributed by atoms with E-state index in [-0.39, 0.29) is 23.2 Å². The lowest BCUT2D eigenvalue weighted by atomic mass is 9.97. The first-order valence-corrected chi connectivity index (χ1v) is 8.49. The Labute approximate surface area is 153 Å². The maximum absolute atomic E-state index is 13.4. The van der Waals surface area contributed by atoms with Crippen LogP contribution in [0.1, 0.15) is 44.5 Å². The molecule has 1 aliphatic rings. The van der Waals surface area contributed by atoms with Gasteiger partial charge in [-0.2, -0.15) is 13.9 Å². The molecular weight excluding hydrogens is 360 g/mol. The van der Waals surface area contributed by atoms with E-state index in [0.29, 0.717) is 35.2 Å². The van der Waals surface area contributed by atoms with Crippen LogP contribution in [-0.4, -0.2) is 31.9 Å². The maximum Gasteiger partial charge on any atom is 0.405 e. The summed E-state index contributed by atoms with van der Waals surface area (Å²) in [6, 6.07) is 2.45. The molecule has 0 aliphatic carbocycles. The Kier molecular flexibility index (Phi) is 5.33. The van der Waals surface area contributed by atoms with Crippen molar-refractivity contribution in [3.05, 3.63) is 30.2 Å². The average molecular weight is 379 g/mol. The summed E-state index contributed by atoms with van der Waals surface area (Å²) in [7, 11) is 0. The Hall–Kier alpha value is -3.04. The quantitative estimate of drug-likeness (QED) is 0.741. The lowest BCUT2D eigenvalue weighted by molar-refractivity contribution is -0.119. The highest BCUT2D eigenvalue weighted by Gasteiger charge is 2.25. The predicted octanol–water partition coefficient (Wildman–Crippen LogP) is 3.41. The summed E-state index contributed by atoms with van der Waals surface area (Å²) >= 11 is 0. The highest BCUT2D eigenvalue weighted by Crippen LogP contribution is 2.34. The van der Waals surface area contributed by atoms with Gasteiger partial charge in [-0.25, -0.2) is 9.48 Å². The number of nitrogens with one attached hydrogen (secondary N) is 2. The maximum atomic E-state index is 13.4. The van der Waals surface area contributed by atoms with Crippen LogP contribution in [-0.2, 0) is 4.79 Å². The van der Waals surface area contributed by atoms with Gasteiger partial charge in [0.05, 0.1) is 29.3 Å². The van der Waals surface area contributed by atoms with Crippen molar-refractivity contribution in [1.82, 2.24) is 20.1 Å². The van der Waals surface area contributed by atoms with E-state index in [4.69, 9.17) is 5.11 Å². The second kappa shape index (κ2) is 7.68. The van der Waals surface area contributed by atoms with Gasteiger partial charge >= 0.3 is 12.6 Å². The molecule has 2 aromatic heterocycles. The number of nitrogens with zero attached hydrogens (tertiary/aromatic N) is 3. The molecule has 0 aromatic carbocycles. The number of carbonyl (C=O) groups is 2. The third-order valence-electron chi connectivity index (χ3n) is 4.52. The molecule has 2 bridgehead atoms. The second-order valence-corrected chi connectivity index (χ2v) is 6.42. The zero-order chi connectivity index (χ0) is 19.6. The Balaban J connectivity index is 2.13. The van der Waals surface area contributed by atoms with Crippen molar-refractivity contribution in [3.8, 4) is 11.3 Å². The molecule has 3 rings (SSSR count). The zero-order valence-electron chi connectivity index (χ0n) is 14.5. The number of hydrogen-bond donors (Lipinski definition) is 3. The van der Waals surface area contributed by atoms with Crippen LogP contribution < -0.4 is 10.6 Å². The van der Waals surface area contributed by atoms with Crippen molar-refractivity contribution in [2.75, 3.05) is 5.32 Å². The Morgan fingerprint density at radius 1 is 1.44 bits per heavy atom. The van der Waals surface area contributed by atoms with Gasteiger partial charge in [-0.05, 0) is 25.0 Å². The van der Waals surface area contributed by atoms with Crippen LogP contribution in [0.3, 0.4) is 0 Å². The van der Waals surface area contributed by atoms with Crippen LogP contribution in [0.25, 0.3) is 11.3 Å². The second-order valence-electron chi connectivity index (χ2n) is 6.42. The van der Waals surface area contributed by atoms with Gasteiger partial charge in [0.25, 0.3) is 0 Å². The van der Waals surface area contributed by atoms with Crippen molar-refractivity contribution in [2.24, 2.45) is 5.92 Å². The van der Waals surface area contributed by atoms with E-state index in [2.05, 4.69) is 20.7 Å². The number of carboxylic acid groups (broad SMARTS) is 1. The molecule has 0 fully saturated rings. The van der Waals surface area contributed by atoms with Crippen LogP contribution in [0.15, 0.2) is 24.5 Å². The number of pyridine rings is 1. The average Bonchev–Trinajstić information content (AvgIpc) is 3.03. The summed E-state index contributed by atoms with van der Waals surface area (Å²) in [5.41, 5.74) is 0.998. The third kappa shape index (κ3) is 4.04. The molecular formula is C17H19F2N5O3. The van der Waals surface area contributed by atoms with E-state index in [1.54, 1.807) is 6.92 Å². The van der Waals surface area contributed by atoms with E-state index >= 15 is 0 Å². The summed E-state index contributed by atoms with van der Waals surface area (Å²) in [4.78, 5) is 27.7. The standard InChI is InChI=1S/C17H19F2N5O3/c1-9-3-2-4-11(23-17(26)27)12-7-10(5-6-20-12)14-13(22-15(9)25)8-21-24(14)16(18)19/h5-9,11,16,23H,2-4H2,1H3,(H,22,25)(H,26,27)/t9-,11-/m0/s1. The smallest absolute Gasteiger partial charge is 0.405 e. The first-order valence-electron chi connectivity index (χ1n) is 8.49. The van der Waals surface area contributed by atoms with Gasteiger partial charge in [0, 0.05) is 17.7 Å². The van der Waals surface area contributed by atoms with Crippen LogP contribution in [0, 0.1) is 5.92 Å². The fraction of sp³-hybridized carbons (Fsp3) is 0.412. The van der Waals surface area contributed by atoms with E-state index in [9.17, 15) is 18.4 Å². The molecule has 1 aliphatic heterocycles. The minimum Gasteiger partial charge on any atom is -0.465 e. The molecule has 8 nitrogen and oxygen atoms in total. The highest BCUT2D eigenvalue weighted by molar-refractivity contribution is 5.95. The molecule has 0 unspecified atom stereocenters. The zero-order valence-corrected chi connectivity index (χ0v) is 14.5. The molecule has 0 saturated carbocycles. The van der Waals surface area contributed by atoms with Gasteiger partial charge in [-0.3, -0.25) is 9.78 Å². The minimum atomic E-state index is -2.90. The first kappa shape index (κ1) is 18.7. The highest BCUT2D eigenvalue weighted by atomic mass is 19.3. The third-order valence-corrected chi connectivity index (χ3v) is 4.52. The van der Waals surface area contributed by atoms with Gasteiger partial charge in [0.15, 0.2) is 0 Å². The van der Waals surface area contributed by atoms with Gasteiger partial charge in [0.2, 0.25) is 5.91 Å². The molecule has 2 amide bonds. The van der Waals surface area contributed by atoms with Crippen LogP contribution in [0.2, 0.25) is 0 Å². The minimum absolute atomic E-state index is 0.0452. The molecule has 10 heteroatoms. The van der Waals surface area contributed by atoms with E-state index in [1.165, 1.54) is 24.5 Å². The topological polar surface area (TPSA) is 109 Å². The number of aromatic nitrogens is 3. The number of halogens is 2.